The van der Waals surface area contributed by atoms with Crippen molar-refractivity contribution in [3.05, 3.63) is 59.7 Å². The first-order valence-electron chi connectivity index (χ1n) is 9.15. The monoisotopic (exact) mass is 349 g/mol. The number of fused-ring (bicyclic) bond motifs is 1. The average molecular weight is 349 g/mol. The van der Waals surface area contributed by atoms with E-state index in [0.717, 1.165) is 29.8 Å². The van der Waals surface area contributed by atoms with E-state index in [2.05, 4.69) is 11.4 Å². The molecular formula is C21H23N3O2. The van der Waals surface area contributed by atoms with Crippen LogP contribution >= 0.6 is 0 Å². The molecule has 5 nitrogen and oxygen atoms in total. The molecule has 26 heavy (non-hydrogen) atoms. The van der Waals surface area contributed by atoms with E-state index >= 15 is 0 Å². The fraction of sp³-hybridized carbons (Fsp3) is 0.333. The van der Waals surface area contributed by atoms with Crippen molar-refractivity contribution in [1.29, 1.82) is 0 Å². The fourth-order valence-corrected chi connectivity index (χ4v) is 3.78. The third-order valence-corrected chi connectivity index (χ3v) is 5.15. The maximum atomic E-state index is 12.8. The predicted octanol–water partition coefficient (Wildman–Crippen LogP) is 3.26. The number of hydrogen-bond acceptors (Lipinski definition) is 2. The first kappa shape index (κ1) is 16.6. The van der Waals surface area contributed by atoms with Crippen LogP contribution in [0.5, 0.6) is 0 Å². The molecule has 0 bridgehead atoms. The number of nitrogens with zero attached hydrogens (tertiary/aromatic N) is 2. The van der Waals surface area contributed by atoms with Crippen molar-refractivity contribution in [3.8, 4) is 0 Å². The molecule has 0 spiro atoms. The highest BCUT2D eigenvalue weighted by atomic mass is 16.2. The van der Waals surface area contributed by atoms with Gasteiger partial charge in [0.2, 0.25) is 5.91 Å². The van der Waals surface area contributed by atoms with Crippen LogP contribution in [0.25, 0.3) is 0 Å². The van der Waals surface area contributed by atoms with Crippen LogP contribution in [0, 0.1) is 6.92 Å². The lowest BCUT2D eigenvalue weighted by molar-refractivity contribution is -0.117. The maximum Gasteiger partial charge on any atom is 0.322 e. The summed E-state index contributed by atoms with van der Waals surface area (Å²) in [6.07, 6.45) is 2.31. The van der Waals surface area contributed by atoms with Gasteiger partial charge in [-0.05, 0) is 43.5 Å². The van der Waals surface area contributed by atoms with Crippen molar-refractivity contribution in [3.63, 3.8) is 0 Å². The van der Waals surface area contributed by atoms with Gasteiger partial charge in [-0.1, -0.05) is 35.9 Å². The lowest BCUT2D eigenvalue weighted by Gasteiger charge is -2.30. The molecule has 2 aliphatic heterocycles. The van der Waals surface area contributed by atoms with Crippen molar-refractivity contribution < 1.29 is 9.59 Å². The fourth-order valence-electron chi connectivity index (χ4n) is 3.78. The molecule has 1 atom stereocenters. The van der Waals surface area contributed by atoms with Gasteiger partial charge in [0, 0.05) is 30.9 Å². The van der Waals surface area contributed by atoms with E-state index in [4.69, 9.17) is 0 Å². The zero-order valence-corrected chi connectivity index (χ0v) is 14.9. The second kappa shape index (κ2) is 6.83. The van der Waals surface area contributed by atoms with Crippen LogP contribution in [-0.4, -0.2) is 31.1 Å². The molecule has 2 aromatic rings. The molecule has 4 rings (SSSR count). The molecule has 5 heteroatoms. The van der Waals surface area contributed by atoms with E-state index in [0.29, 0.717) is 19.5 Å². The SMILES string of the molecule is Cc1ccc(N2CC(NC(=O)N3CCCc4ccccc43)CC2=O)cc1. The Morgan fingerprint density at radius 2 is 1.88 bits per heavy atom. The summed E-state index contributed by atoms with van der Waals surface area (Å²) < 4.78 is 0. The number of aryl methyl sites for hydroxylation is 2. The minimum absolute atomic E-state index is 0.0539. The van der Waals surface area contributed by atoms with Crippen LogP contribution in [-0.2, 0) is 11.2 Å². The second-order valence-electron chi connectivity index (χ2n) is 7.07. The molecule has 0 aromatic heterocycles. The Morgan fingerprint density at radius 3 is 2.69 bits per heavy atom. The highest BCUT2D eigenvalue weighted by Crippen LogP contribution is 2.27. The van der Waals surface area contributed by atoms with E-state index in [9.17, 15) is 9.59 Å². The van der Waals surface area contributed by atoms with Gasteiger partial charge in [0.15, 0.2) is 0 Å². The number of anilines is 2. The molecule has 2 heterocycles. The van der Waals surface area contributed by atoms with Crippen LogP contribution in [0.4, 0.5) is 16.2 Å². The largest absolute Gasteiger partial charge is 0.333 e. The predicted molar refractivity (Wildman–Crippen MR) is 103 cm³/mol. The number of carbonyl (C=O) groups is 2. The van der Waals surface area contributed by atoms with Gasteiger partial charge >= 0.3 is 6.03 Å². The maximum absolute atomic E-state index is 12.8. The minimum Gasteiger partial charge on any atom is -0.333 e. The number of rotatable bonds is 2. The standard InChI is InChI=1S/C21H23N3O2/c1-15-8-10-18(11-9-15)24-14-17(13-20(24)25)22-21(26)23-12-4-6-16-5-2-3-7-19(16)23/h2-3,5,7-11,17H,4,6,12-14H2,1H3,(H,22,26). The Kier molecular flexibility index (Phi) is 4.37. The summed E-state index contributed by atoms with van der Waals surface area (Å²) in [7, 11) is 0. The van der Waals surface area contributed by atoms with E-state index in [-0.39, 0.29) is 18.0 Å². The smallest absolute Gasteiger partial charge is 0.322 e. The average Bonchev–Trinajstić information content (AvgIpc) is 3.02. The van der Waals surface area contributed by atoms with Gasteiger partial charge in [0.25, 0.3) is 0 Å². The summed E-state index contributed by atoms with van der Waals surface area (Å²) in [6.45, 7) is 3.25. The Balaban J connectivity index is 1.45. The summed E-state index contributed by atoms with van der Waals surface area (Å²) in [5, 5.41) is 3.06. The Hall–Kier alpha value is -2.82. The highest BCUT2D eigenvalue weighted by Gasteiger charge is 2.33. The molecule has 1 saturated heterocycles. The van der Waals surface area contributed by atoms with Crippen LogP contribution in [0.2, 0.25) is 0 Å². The van der Waals surface area contributed by atoms with Crippen molar-refractivity contribution >= 4 is 23.3 Å². The van der Waals surface area contributed by atoms with Crippen molar-refractivity contribution in [2.45, 2.75) is 32.2 Å². The van der Waals surface area contributed by atoms with Crippen LogP contribution in [0.1, 0.15) is 24.0 Å². The van der Waals surface area contributed by atoms with E-state index in [1.807, 2.05) is 49.4 Å². The molecule has 2 aliphatic rings. The third kappa shape index (κ3) is 3.17. The molecule has 134 valence electrons. The number of amides is 3. The van der Waals surface area contributed by atoms with Gasteiger partial charge in [-0.15, -0.1) is 0 Å². The molecule has 0 saturated carbocycles. The van der Waals surface area contributed by atoms with E-state index in [1.165, 1.54) is 5.56 Å². The van der Waals surface area contributed by atoms with Gasteiger partial charge in [0.05, 0.1) is 6.04 Å². The first-order valence-corrected chi connectivity index (χ1v) is 9.15. The lowest BCUT2D eigenvalue weighted by atomic mass is 10.0. The quantitative estimate of drug-likeness (QED) is 0.905. The molecule has 1 fully saturated rings. The third-order valence-electron chi connectivity index (χ3n) is 5.15. The molecule has 2 aromatic carbocycles. The zero-order valence-electron chi connectivity index (χ0n) is 14.9. The number of benzene rings is 2. The van der Waals surface area contributed by atoms with Crippen molar-refractivity contribution in [2.75, 3.05) is 22.9 Å². The number of carbonyl (C=O) groups excluding carboxylic acids is 2. The lowest BCUT2D eigenvalue weighted by Crippen LogP contribution is -2.47. The normalized spacial score (nSPS) is 19.4. The van der Waals surface area contributed by atoms with Crippen molar-refractivity contribution in [2.24, 2.45) is 0 Å². The van der Waals surface area contributed by atoms with Crippen LogP contribution in [0.3, 0.4) is 0 Å². The van der Waals surface area contributed by atoms with Crippen LogP contribution in [0.15, 0.2) is 48.5 Å². The molecule has 0 aliphatic carbocycles. The Bertz CT molecular complexity index is 831. The summed E-state index contributed by atoms with van der Waals surface area (Å²) in [5.74, 6) is 0.0539. The highest BCUT2D eigenvalue weighted by molar-refractivity contribution is 5.98. The number of para-hydroxylation sites is 1. The molecule has 3 amide bonds. The van der Waals surface area contributed by atoms with Gasteiger partial charge in [-0.3, -0.25) is 9.69 Å². The second-order valence-corrected chi connectivity index (χ2v) is 7.07. The zero-order chi connectivity index (χ0) is 18.1. The Labute approximate surface area is 153 Å². The first-order chi connectivity index (χ1) is 12.6. The molecule has 1 unspecified atom stereocenters. The molecule has 0 radical (unpaired) electrons. The van der Waals surface area contributed by atoms with Gasteiger partial charge < -0.3 is 10.2 Å². The summed E-state index contributed by atoms with van der Waals surface area (Å²) >= 11 is 0. The summed E-state index contributed by atoms with van der Waals surface area (Å²) in [5.41, 5.74) is 4.24. The molecular weight excluding hydrogens is 326 g/mol. The molecule has 1 N–H and O–H groups in total. The summed E-state index contributed by atoms with van der Waals surface area (Å²) in [6, 6.07) is 15.7. The van der Waals surface area contributed by atoms with E-state index in [1.54, 1.807) is 9.80 Å². The number of nitrogens with one attached hydrogen (secondary N) is 1. The number of urea groups is 1. The topological polar surface area (TPSA) is 52.7 Å². The summed E-state index contributed by atoms with van der Waals surface area (Å²) in [4.78, 5) is 28.7. The number of hydrogen-bond donors (Lipinski definition) is 1. The van der Waals surface area contributed by atoms with E-state index < -0.39 is 0 Å². The minimum atomic E-state index is -0.162. The van der Waals surface area contributed by atoms with Crippen molar-refractivity contribution in [1.82, 2.24) is 5.32 Å². The van der Waals surface area contributed by atoms with Gasteiger partial charge in [-0.2, -0.15) is 0 Å². The van der Waals surface area contributed by atoms with Crippen LogP contribution < -0.4 is 15.1 Å². The van der Waals surface area contributed by atoms with Gasteiger partial charge in [-0.25, -0.2) is 4.79 Å². The van der Waals surface area contributed by atoms with Gasteiger partial charge in [0.1, 0.15) is 0 Å². The Morgan fingerprint density at radius 1 is 1.12 bits per heavy atom.